The second-order valence-corrected chi connectivity index (χ2v) is 6.56. The smallest absolute Gasteiger partial charge is 0.110 e. The molecule has 0 aliphatic carbocycles. The summed E-state index contributed by atoms with van der Waals surface area (Å²) < 4.78 is 0. The van der Waals surface area contributed by atoms with Gasteiger partial charge in [-0.15, -0.1) is 11.3 Å². The van der Waals surface area contributed by atoms with Crippen LogP contribution in [0.5, 0.6) is 0 Å². The number of thiazole rings is 1. The molecular weight excluding hydrogens is 242 g/mol. The number of hydrogen-bond acceptors (Lipinski definition) is 4. The Labute approximate surface area is 115 Å². The molecule has 0 radical (unpaired) electrons. The molecule has 3 nitrogen and oxygen atoms in total. The Morgan fingerprint density at radius 1 is 1.61 bits per heavy atom. The summed E-state index contributed by atoms with van der Waals surface area (Å²) in [6, 6.07) is 0.439. The molecule has 102 valence electrons. The lowest BCUT2D eigenvalue weighted by molar-refractivity contribution is 0.169. The highest BCUT2D eigenvalue weighted by molar-refractivity contribution is 7.09. The summed E-state index contributed by atoms with van der Waals surface area (Å²) in [7, 11) is 0. The molecule has 1 fully saturated rings. The zero-order valence-corrected chi connectivity index (χ0v) is 12.8. The fourth-order valence-corrected chi connectivity index (χ4v) is 3.43. The third-order valence-electron chi connectivity index (χ3n) is 4.05. The zero-order chi connectivity index (χ0) is 13.2. The van der Waals surface area contributed by atoms with Crippen molar-refractivity contribution in [3.8, 4) is 0 Å². The van der Waals surface area contributed by atoms with Crippen LogP contribution in [0, 0.1) is 6.92 Å². The molecule has 1 aliphatic heterocycles. The molecule has 1 aromatic heterocycles. The Kier molecular flexibility index (Phi) is 4.41. The van der Waals surface area contributed by atoms with Gasteiger partial charge in [0.1, 0.15) is 5.01 Å². The van der Waals surface area contributed by atoms with Crippen molar-refractivity contribution in [2.75, 3.05) is 19.6 Å². The third-order valence-corrected chi connectivity index (χ3v) is 5.18. The van der Waals surface area contributed by atoms with Crippen molar-refractivity contribution in [2.24, 2.45) is 0 Å². The Hall–Kier alpha value is -0.450. The molecule has 2 heterocycles. The third kappa shape index (κ3) is 3.11. The van der Waals surface area contributed by atoms with Crippen LogP contribution in [0.4, 0.5) is 0 Å². The molecule has 0 saturated carbocycles. The molecule has 0 aromatic carbocycles. The van der Waals surface area contributed by atoms with Gasteiger partial charge in [0, 0.05) is 29.7 Å². The van der Waals surface area contributed by atoms with Crippen LogP contribution in [-0.2, 0) is 0 Å². The summed E-state index contributed by atoms with van der Waals surface area (Å²) >= 11 is 1.79. The summed E-state index contributed by atoms with van der Waals surface area (Å²) in [5.41, 5.74) is 1.39. The first kappa shape index (κ1) is 14.0. The standard InChI is InChI=1S/C14H25N3S/c1-5-14(4)10-17(8-6-7-15-14)12(3)13-16-11(2)9-18-13/h9,12,15H,5-8,10H2,1-4H3. The minimum Gasteiger partial charge on any atom is -0.310 e. The average Bonchev–Trinajstić information content (AvgIpc) is 2.68. The number of aryl methyl sites for hydroxylation is 1. The van der Waals surface area contributed by atoms with Gasteiger partial charge in [-0.2, -0.15) is 0 Å². The molecule has 0 bridgehead atoms. The lowest BCUT2D eigenvalue weighted by Crippen LogP contribution is -2.48. The van der Waals surface area contributed by atoms with Gasteiger partial charge in [-0.3, -0.25) is 4.90 Å². The highest BCUT2D eigenvalue weighted by Gasteiger charge is 2.30. The van der Waals surface area contributed by atoms with E-state index in [0.29, 0.717) is 6.04 Å². The van der Waals surface area contributed by atoms with Gasteiger partial charge in [-0.1, -0.05) is 6.92 Å². The fourth-order valence-electron chi connectivity index (χ4n) is 2.54. The van der Waals surface area contributed by atoms with Crippen molar-refractivity contribution in [1.82, 2.24) is 15.2 Å². The van der Waals surface area contributed by atoms with Gasteiger partial charge in [0.2, 0.25) is 0 Å². The Morgan fingerprint density at radius 2 is 2.39 bits per heavy atom. The van der Waals surface area contributed by atoms with Gasteiger partial charge in [0.15, 0.2) is 0 Å². The second kappa shape index (κ2) is 5.68. The van der Waals surface area contributed by atoms with Crippen LogP contribution in [0.15, 0.2) is 5.38 Å². The summed E-state index contributed by atoms with van der Waals surface area (Å²) in [4.78, 5) is 7.23. The predicted octanol–water partition coefficient (Wildman–Crippen LogP) is 2.98. The molecule has 2 atom stereocenters. The maximum Gasteiger partial charge on any atom is 0.110 e. The molecule has 1 aliphatic rings. The van der Waals surface area contributed by atoms with E-state index < -0.39 is 0 Å². The molecule has 1 N–H and O–H groups in total. The molecule has 2 rings (SSSR count). The van der Waals surface area contributed by atoms with E-state index in [2.05, 4.69) is 48.3 Å². The Morgan fingerprint density at radius 3 is 3.00 bits per heavy atom. The summed E-state index contributed by atoms with van der Waals surface area (Å²) in [6.45, 7) is 12.4. The molecule has 1 saturated heterocycles. The van der Waals surface area contributed by atoms with Gasteiger partial charge in [-0.25, -0.2) is 4.98 Å². The Bertz CT molecular complexity index is 390. The number of nitrogens with one attached hydrogen (secondary N) is 1. The predicted molar refractivity (Wildman–Crippen MR) is 78.2 cm³/mol. The van der Waals surface area contributed by atoms with Gasteiger partial charge in [0.05, 0.1) is 6.04 Å². The fraction of sp³-hybridized carbons (Fsp3) is 0.786. The lowest BCUT2D eigenvalue weighted by atomic mass is 9.98. The lowest BCUT2D eigenvalue weighted by Gasteiger charge is -2.35. The van der Waals surface area contributed by atoms with Crippen LogP contribution in [0.3, 0.4) is 0 Å². The normalized spacial score (nSPS) is 28.0. The molecular formula is C14H25N3S. The minimum atomic E-state index is 0.247. The maximum absolute atomic E-state index is 4.65. The molecule has 0 spiro atoms. The molecule has 0 amide bonds. The van der Waals surface area contributed by atoms with Crippen LogP contribution in [0.1, 0.15) is 50.4 Å². The van der Waals surface area contributed by atoms with E-state index in [9.17, 15) is 0 Å². The van der Waals surface area contributed by atoms with Crippen LogP contribution in [0.25, 0.3) is 0 Å². The maximum atomic E-state index is 4.65. The van der Waals surface area contributed by atoms with Gasteiger partial charge in [-0.05, 0) is 40.2 Å². The number of hydrogen-bond donors (Lipinski definition) is 1. The molecule has 1 aromatic rings. The number of nitrogens with zero attached hydrogens (tertiary/aromatic N) is 2. The van der Waals surface area contributed by atoms with Crippen LogP contribution >= 0.6 is 11.3 Å². The van der Waals surface area contributed by atoms with Crippen molar-refractivity contribution >= 4 is 11.3 Å². The first-order valence-electron chi connectivity index (χ1n) is 6.95. The van der Waals surface area contributed by atoms with Crippen molar-refractivity contribution in [1.29, 1.82) is 0 Å². The monoisotopic (exact) mass is 267 g/mol. The van der Waals surface area contributed by atoms with E-state index in [1.807, 2.05) is 0 Å². The van der Waals surface area contributed by atoms with E-state index in [1.54, 1.807) is 11.3 Å². The van der Waals surface area contributed by atoms with Crippen molar-refractivity contribution in [2.45, 2.75) is 52.1 Å². The van der Waals surface area contributed by atoms with Gasteiger partial charge in [0.25, 0.3) is 0 Å². The van der Waals surface area contributed by atoms with Crippen molar-refractivity contribution < 1.29 is 0 Å². The molecule has 2 unspecified atom stereocenters. The first-order chi connectivity index (χ1) is 8.54. The second-order valence-electron chi connectivity index (χ2n) is 5.67. The quantitative estimate of drug-likeness (QED) is 0.912. The number of rotatable bonds is 3. The van der Waals surface area contributed by atoms with Crippen LogP contribution in [0.2, 0.25) is 0 Å². The first-order valence-corrected chi connectivity index (χ1v) is 7.83. The van der Waals surface area contributed by atoms with E-state index in [4.69, 9.17) is 0 Å². The summed E-state index contributed by atoms with van der Waals surface area (Å²) in [5, 5.41) is 7.10. The van der Waals surface area contributed by atoms with Crippen molar-refractivity contribution in [3.05, 3.63) is 16.1 Å². The van der Waals surface area contributed by atoms with E-state index >= 15 is 0 Å². The Balaban J connectivity index is 2.11. The van der Waals surface area contributed by atoms with Crippen LogP contribution < -0.4 is 5.32 Å². The zero-order valence-electron chi connectivity index (χ0n) is 12.0. The van der Waals surface area contributed by atoms with Crippen LogP contribution in [-0.4, -0.2) is 35.1 Å². The highest BCUT2D eigenvalue weighted by atomic mass is 32.1. The van der Waals surface area contributed by atoms with E-state index in [0.717, 1.165) is 18.8 Å². The minimum absolute atomic E-state index is 0.247. The topological polar surface area (TPSA) is 28.2 Å². The van der Waals surface area contributed by atoms with Crippen molar-refractivity contribution in [3.63, 3.8) is 0 Å². The average molecular weight is 267 g/mol. The van der Waals surface area contributed by atoms with E-state index in [-0.39, 0.29) is 5.54 Å². The summed E-state index contributed by atoms with van der Waals surface area (Å²) in [5.74, 6) is 0. The summed E-state index contributed by atoms with van der Waals surface area (Å²) in [6.07, 6.45) is 2.40. The van der Waals surface area contributed by atoms with Gasteiger partial charge < -0.3 is 5.32 Å². The SMILES string of the molecule is CCC1(C)CN(C(C)c2nc(C)cs2)CCCN1. The van der Waals surface area contributed by atoms with E-state index in [1.165, 1.54) is 24.4 Å². The van der Waals surface area contributed by atoms with Gasteiger partial charge >= 0.3 is 0 Å². The highest BCUT2D eigenvalue weighted by Crippen LogP contribution is 2.27. The molecule has 4 heteroatoms. The molecule has 18 heavy (non-hydrogen) atoms. The largest absolute Gasteiger partial charge is 0.310 e. The number of aromatic nitrogens is 1.